The lowest BCUT2D eigenvalue weighted by molar-refractivity contribution is -0.0497. The number of halogens is 4. The number of rotatable bonds is 5. The van der Waals surface area contributed by atoms with Crippen LogP contribution in [0.2, 0.25) is 10.0 Å². The van der Waals surface area contributed by atoms with Gasteiger partial charge in [-0.1, -0.05) is 23.2 Å². The molecule has 21 heavy (non-hydrogen) atoms. The molecule has 8 heteroatoms. The van der Waals surface area contributed by atoms with Crippen LogP contribution in [0.1, 0.15) is 18.5 Å². The fraction of sp³-hybridized carbons (Fsp3) is 0.308. The lowest BCUT2D eigenvalue weighted by Gasteiger charge is -2.16. The van der Waals surface area contributed by atoms with Gasteiger partial charge in [0, 0.05) is 24.5 Å². The van der Waals surface area contributed by atoms with Crippen molar-refractivity contribution in [3.05, 3.63) is 40.1 Å². The molecule has 1 atom stereocenters. The number of ether oxygens (including phenoxy) is 1. The zero-order valence-corrected chi connectivity index (χ0v) is 12.8. The second-order valence-electron chi connectivity index (χ2n) is 4.46. The van der Waals surface area contributed by atoms with E-state index < -0.39 is 6.61 Å². The van der Waals surface area contributed by atoms with Gasteiger partial charge in [0.05, 0.1) is 22.3 Å². The zero-order valence-electron chi connectivity index (χ0n) is 11.3. The minimum atomic E-state index is -2.98. The zero-order chi connectivity index (χ0) is 15.6. The Labute approximate surface area is 130 Å². The second kappa shape index (κ2) is 6.49. The molecule has 0 aliphatic rings. The highest BCUT2D eigenvalue weighted by Gasteiger charge is 2.15. The molecule has 1 aromatic heterocycles. The molecule has 0 amide bonds. The van der Waals surface area contributed by atoms with Crippen LogP contribution in [-0.2, 0) is 7.05 Å². The lowest BCUT2D eigenvalue weighted by Crippen LogP contribution is -2.07. The van der Waals surface area contributed by atoms with Crippen LogP contribution in [0.4, 0.5) is 14.5 Å². The summed E-state index contributed by atoms with van der Waals surface area (Å²) < 4.78 is 30.5. The van der Waals surface area contributed by atoms with Gasteiger partial charge in [-0.05, 0) is 19.1 Å². The number of alkyl halides is 2. The molecule has 0 radical (unpaired) electrons. The first-order valence-corrected chi connectivity index (χ1v) is 6.81. The van der Waals surface area contributed by atoms with E-state index in [1.807, 2.05) is 20.2 Å². The summed E-state index contributed by atoms with van der Waals surface area (Å²) in [5.74, 6) is -0.229. The van der Waals surface area contributed by atoms with Crippen LogP contribution < -0.4 is 10.1 Å². The molecule has 4 nitrogen and oxygen atoms in total. The van der Waals surface area contributed by atoms with Crippen LogP contribution in [0.25, 0.3) is 0 Å². The molecule has 0 bridgehead atoms. The molecule has 1 N–H and O–H groups in total. The van der Waals surface area contributed by atoms with Gasteiger partial charge in [0.1, 0.15) is 0 Å². The van der Waals surface area contributed by atoms with Crippen molar-refractivity contribution in [1.29, 1.82) is 0 Å². The summed E-state index contributed by atoms with van der Waals surface area (Å²) in [6.45, 7) is -1.05. The number of hydrogen-bond donors (Lipinski definition) is 1. The third kappa shape index (κ3) is 3.98. The molecule has 0 spiro atoms. The fourth-order valence-electron chi connectivity index (χ4n) is 1.84. The van der Waals surface area contributed by atoms with Gasteiger partial charge < -0.3 is 10.1 Å². The average Bonchev–Trinajstić information content (AvgIpc) is 2.80. The number of nitrogens with zero attached hydrogens (tertiary/aromatic N) is 2. The van der Waals surface area contributed by atoms with Crippen molar-refractivity contribution in [2.24, 2.45) is 7.05 Å². The molecule has 0 fully saturated rings. The van der Waals surface area contributed by atoms with Crippen molar-refractivity contribution in [3.8, 4) is 5.75 Å². The van der Waals surface area contributed by atoms with Gasteiger partial charge in [0.15, 0.2) is 5.75 Å². The van der Waals surface area contributed by atoms with Crippen LogP contribution >= 0.6 is 23.2 Å². The van der Waals surface area contributed by atoms with Crippen molar-refractivity contribution in [2.75, 3.05) is 5.32 Å². The Morgan fingerprint density at radius 1 is 1.29 bits per heavy atom. The second-order valence-corrected chi connectivity index (χ2v) is 5.28. The molecule has 0 saturated heterocycles. The number of nitrogens with one attached hydrogen (secondary N) is 1. The maximum absolute atomic E-state index is 12.3. The van der Waals surface area contributed by atoms with E-state index in [1.54, 1.807) is 10.9 Å². The van der Waals surface area contributed by atoms with Crippen molar-refractivity contribution in [1.82, 2.24) is 9.78 Å². The normalized spacial score (nSPS) is 12.5. The summed E-state index contributed by atoms with van der Waals surface area (Å²) in [6, 6.07) is 2.92. The summed E-state index contributed by atoms with van der Waals surface area (Å²) >= 11 is 11.8. The van der Waals surface area contributed by atoms with Gasteiger partial charge in [0.25, 0.3) is 0 Å². The number of aryl methyl sites for hydroxylation is 1. The van der Waals surface area contributed by atoms with Crippen LogP contribution in [0, 0.1) is 0 Å². The molecule has 0 saturated carbocycles. The van der Waals surface area contributed by atoms with Crippen LogP contribution in [0.5, 0.6) is 5.75 Å². The molecule has 2 aromatic rings. The highest BCUT2D eigenvalue weighted by atomic mass is 35.5. The Morgan fingerprint density at radius 3 is 2.38 bits per heavy atom. The van der Waals surface area contributed by atoms with Gasteiger partial charge in [-0.25, -0.2) is 0 Å². The summed E-state index contributed by atoms with van der Waals surface area (Å²) in [6.07, 6.45) is 3.60. The quantitative estimate of drug-likeness (QED) is 0.874. The lowest BCUT2D eigenvalue weighted by atomic mass is 10.2. The van der Waals surface area contributed by atoms with Crippen molar-refractivity contribution in [3.63, 3.8) is 0 Å². The van der Waals surface area contributed by atoms with E-state index in [-0.39, 0.29) is 21.8 Å². The summed E-state index contributed by atoms with van der Waals surface area (Å²) in [4.78, 5) is 0. The molecular formula is C13H13Cl2F2N3O. The fourth-order valence-corrected chi connectivity index (χ4v) is 2.42. The van der Waals surface area contributed by atoms with E-state index in [9.17, 15) is 8.78 Å². The van der Waals surface area contributed by atoms with Gasteiger partial charge in [-0.2, -0.15) is 13.9 Å². The molecule has 0 aliphatic heterocycles. The Morgan fingerprint density at radius 2 is 1.90 bits per heavy atom. The van der Waals surface area contributed by atoms with E-state index in [0.29, 0.717) is 5.69 Å². The third-order valence-electron chi connectivity index (χ3n) is 2.81. The first-order valence-electron chi connectivity index (χ1n) is 6.05. The van der Waals surface area contributed by atoms with Crippen LogP contribution in [0.3, 0.4) is 0 Å². The SMILES string of the molecule is CC(Nc1cc(Cl)c(OC(F)F)c(Cl)c1)c1cnn(C)c1. The van der Waals surface area contributed by atoms with Crippen LogP contribution in [0.15, 0.2) is 24.5 Å². The Balaban J connectivity index is 2.18. The Hall–Kier alpha value is -1.53. The van der Waals surface area contributed by atoms with Gasteiger partial charge in [-0.15, -0.1) is 0 Å². The van der Waals surface area contributed by atoms with Gasteiger partial charge >= 0.3 is 6.61 Å². The number of benzene rings is 1. The molecule has 1 aromatic carbocycles. The smallest absolute Gasteiger partial charge is 0.387 e. The highest BCUT2D eigenvalue weighted by molar-refractivity contribution is 6.37. The average molecular weight is 336 g/mol. The Bertz CT molecular complexity index is 611. The summed E-state index contributed by atoms with van der Waals surface area (Å²) in [5.41, 5.74) is 1.57. The van der Waals surface area contributed by atoms with Crippen molar-refractivity contribution < 1.29 is 13.5 Å². The van der Waals surface area contributed by atoms with E-state index >= 15 is 0 Å². The van der Waals surface area contributed by atoms with E-state index in [4.69, 9.17) is 23.2 Å². The summed E-state index contributed by atoms with van der Waals surface area (Å²) in [5, 5.41) is 7.29. The third-order valence-corrected chi connectivity index (χ3v) is 3.37. The molecule has 1 heterocycles. The van der Waals surface area contributed by atoms with E-state index in [1.165, 1.54) is 12.1 Å². The standard InChI is InChI=1S/C13H13Cl2F2N3O/c1-7(8-5-18-20(2)6-8)19-9-3-10(14)12(11(15)4-9)21-13(16)17/h3-7,13,19H,1-2H3. The minimum absolute atomic E-state index is 0.0173. The van der Waals surface area contributed by atoms with E-state index in [0.717, 1.165) is 5.56 Å². The van der Waals surface area contributed by atoms with Crippen LogP contribution in [-0.4, -0.2) is 16.4 Å². The maximum atomic E-state index is 12.3. The molecule has 2 rings (SSSR count). The topological polar surface area (TPSA) is 39.1 Å². The highest BCUT2D eigenvalue weighted by Crippen LogP contribution is 2.37. The first kappa shape index (κ1) is 15.9. The van der Waals surface area contributed by atoms with Gasteiger partial charge in [0.2, 0.25) is 0 Å². The minimum Gasteiger partial charge on any atom is -0.432 e. The maximum Gasteiger partial charge on any atom is 0.387 e. The Kier molecular flexibility index (Phi) is 4.90. The first-order chi connectivity index (χ1) is 9.86. The molecule has 1 unspecified atom stereocenters. The monoisotopic (exact) mass is 335 g/mol. The van der Waals surface area contributed by atoms with Crippen molar-refractivity contribution in [2.45, 2.75) is 19.6 Å². The predicted molar refractivity (Wildman–Crippen MR) is 78.3 cm³/mol. The number of hydrogen-bond acceptors (Lipinski definition) is 3. The number of aromatic nitrogens is 2. The predicted octanol–water partition coefficient (Wildman–Crippen LogP) is 4.50. The molecule has 0 aliphatic carbocycles. The largest absolute Gasteiger partial charge is 0.432 e. The molecule has 114 valence electrons. The molecular weight excluding hydrogens is 323 g/mol. The summed E-state index contributed by atoms with van der Waals surface area (Å²) in [7, 11) is 1.82. The van der Waals surface area contributed by atoms with E-state index in [2.05, 4.69) is 15.2 Å². The van der Waals surface area contributed by atoms with Gasteiger partial charge in [-0.3, -0.25) is 4.68 Å². The van der Waals surface area contributed by atoms with Crippen molar-refractivity contribution >= 4 is 28.9 Å². The number of anilines is 1.